The van der Waals surface area contributed by atoms with Crippen LogP contribution in [0.4, 0.5) is 0 Å². The van der Waals surface area contributed by atoms with Gasteiger partial charge in [0.25, 0.3) is 17.9 Å². The van der Waals surface area contributed by atoms with E-state index in [0.29, 0.717) is 0 Å². The normalized spacial score (nSPS) is 8.80. The topological polar surface area (TPSA) is 112 Å². The summed E-state index contributed by atoms with van der Waals surface area (Å²) >= 11 is 0. The molecule has 0 saturated heterocycles. The second-order valence-electron chi connectivity index (χ2n) is 11.2. The molecule has 0 aliphatic heterocycles. The Balaban J connectivity index is -0.0000000742. The molecular weight excluding hydrogens is 552 g/mol. The van der Waals surface area contributed by atoms with Gasteiger partial charge in [-0.05, 0) is 0 Å². The predicted octanol–water partition coefficient (Wildman–Crippen LogP) is 13.7. The van der Waals surface area contributed by atoms with Crippen LogP contribution in [0, 0.1) is 0 Å². The quantitative estimate of drug-likeness (QED) is 0.115. The Bertz CT molecular complexity index is 354. The van der Waals surface area contributed by atoms with E-state index in [-0.39, 0.29) is 0 Å². The Morgan fingerprint density at radius 3 is 0.386 bits per heavy atom. The maximum atomic E-state index is 9.00. The van der Waals surface area contributed by atoms with Crippen molar-refractivity contribution in [2.75, 3.05) is 0 Å². The minimum atomic E-state index is -0.833. The summed E-state index contributed by atoms with van der Waals surface area (Å²) in [6, 6.07) is 0. The van der Waals surface area contributed by atoms with Gasteiger partial charge in [0.2, 0.25) is 0 Å². The third-order valence-electron chi connectivity index (χ3n) is 5.83. The smallest absolute Gasteiger partial charge is 0.300 e. The number of carboxylic acids is 3. The molecule has 0 aromatic heterocycles. The molecule has 272 valence electrons. The van der Waals surface area contributed by atoms with Crippen LogP contribution in [0.1, 0.15) is 230 Å². The van der Waals surface area contributed by atoms with Crippen molar-refractivity contribution in [1.29, 1.82) is 0 Å². The Kier molecular flexibility index (Phi) is 90.3. The fraction of sp³-hybridized carbons (Fsp3) is 0.921. The highest BCUT2D eigenvalue weighted by atomic mass is 16.4. The Hall–Kier alpha value is -1.59. The molecule has 0 aromatic rings. The van der Waals surface area contributed by atoms with Gasteiger partial charge in [-0.1, -0.05) is 209 Å². The van der Waals surface area contributed by atoms with Crippen molar-refractivity contribution in [1.82, 2.24) is 0 Å². The first kappa shape index (κ1) is 58.0. The summed E-state index contributed by atoms with van der Waals surface area (Å²) in [5.41, 5.74) is 0. The van der Waals surface area contributed by atoms with Crippen molar-refractivity contribution in [3.8, 4) is 0 Å². The molecule has 6 nitrogen and oxygen atoms in total. The summed E-state index contributed by atoms with van der Waals surface area (Å²) < 4.78 is 0. The number of aliphatic carboxylic acids is 3. The van der Waals surface area contributed by atoms with E-state index in [1.165, 1.54) is 154 Å². The van der Waals surface area contributed by atoms with E-state index in [1.807, 2.05) is 0 Å². The zero-order valence-corrected chi connectivity index (χ0v) is 32.0. The Morgan fingerprint density at radius 1 is 0.273 bits per heavy atom. The molecule has 0 aromatic carbocycles. The van der Waals surface area contributed by atoms with Crippen LogP contribution >= 0.6 is 0 Å². The molecule has 3 N–H and O–H groups in total. The summed E-state index contributed by atoms with van der Waals surface area (Å²) in [6.45, 7) is 21.3. The Labute approximate surface area is 277 Å². The van der Waals surface area contributed by atoms with E-state index in [0.717, 1.165) is 20.8 Å². The summed E-state index contributed by atoms with van der Waals surface area (Å²) in [7, 11) is 0. The molecule has 44 heavy (non-hydrogen) atoms. The van der Waals surface area contributed by atoms with Crippen molar-refractivity contribution in [3.63, 3.8) is 0 Å². The van der Waals surface area contributed by atoms with Gasteiger partial charge in [0.15, 0.2) is 0 Å². The molecule has 0 radical (unpaired) electrons. The standard InChI is InChI=1S/4C8H18.3C2H4O2/c4*1-3-5-7-8-6-4-2;3*1-2(3)4/h4*3-8H2,1-2H3;3*1H3,(H,3,4). The molecular formula is C38H84O6. The average molecular weight is 637 g/mol. The second-order valence-corrected chi connectivity index (χ2v) is 11.2. The van der Waals surface area contributed by atoms with Gasteiger partial charge in [0.05, 0.1) is 0 Å². The number of hydrogen-bond acceptors (Lipinski definition) is 3. The van der Waals surface area contributed by atoms with Crippen molar-refractivity contribution in [2.45, 2.75) is 230 Å². The van der Waals surface area contributed by atoms with Crippen molar-refractivity contribution < 1.29 is 29.7 Å². The van der Waals surface area contributed by atoms with Gasteiger partial charge in [-0.15, -0.1) is 0 Å². The first-order chi connectivity index (χ1) is 20.9. The molecule has 0 spiro atoms. The summed E-state index contributed by atoms with van der Waals surface area (Å²) in [4.78, 5) is 27.0. The lowest BCUT2D eigenvalue weighted by molar-refractivity contribution is -0.135. The highest BCUT2D eigenvalue weighted by Gasteiger charge is 1.85. The van der Waals surface area contributed by atoms with Crippen LogP contribution < -0.4 is 0 Å². The highest BCUT2D eigenvalue weighted by Crippen LogP contribution is 2.05. The van der Waals surface area contributed by atoms with Gasteiger partial charge in [-0.3, -0.25) is 14.4 Å². The van der Waals surface area contributed by atoms with Crippen LogP contribution in [0.2, 0.25) is 0 Å². The molecule has 0 aliphatic carbocycles. The molecule has 0 unspecified atom stereocenters. The van der Waals surface area contributed by atoms with E-state index in [2.05, 4.69) is 55.4 Å². The first-order valence-electron chi connectivity index (χ1n) is 18.4. The SMILES string of the molecule is CC(=O)O.CC(=O)O.CC(=O)O.CCCCCCCC.CCCCCCCC.CCCCCCCC.CCCCCCCC. The fourth-order valence-electron chi connectivity index (χ4n) is 3.41. The highest BCUT2D eigenvalue weighted by molar-refractivity contribution is 5.63. The molecule has 0 heterocycles. The summed E-state index contributed by atoms with van der Waals surface area (Å²) in [5.74, 6) is -2.50. The minimum Gasteiger partial charge on any atom is -0.481 e. The second kappa shape index (κ2) is 68.5. The summed E-state index contributed by atoms with van der Waals surface area (Å²) in [6.07, 6.45) is 34.0. The van der Waals surface area contributed by atoms with Crippen LogP contribution in [0.3, 0.4) is 0 Å². The van der Waals surface area contributed by atoms with E-state index in [9.17, 15) is 0 Å². The maximum absolute atomic E-state index is 9.00. The Morgan fingerprint density at radius 2 is 0.341 bits per heavy atom. The molecule has 0 fully saturated rings. The lowest BCUT2D eigenvalue weighted by Crippen LogP contribution is -1.78. The third-order valence-corrected chi connectivity index (χ3v) is 5.83. The number of carbonyl (C=O) groups is 3. The number of carboxylic acid groups (broad SMARTS) is 3. The molecule has 0 amide bonds. The van der Waals surface area contributed by atoms with Gasteiger partial charge < -0.3 is 15.3 Å². The fourth-order valence-corrected chi connectivity index (χ4v) is 3.41. The van der Waals surface area contributed by atoms with Crippen LogP contribution in [0.25, 0.3) is 0 Å². The maximum Gasteiger partial charge on any atom is 0.300 e. The van der Waals surface area contributed by atoms with Gasteiger partial charge in [0.1, 0.15) is 0 Å². The van der Waals surface area contributed by atoms with E-state index in [4.69, 9.17) is 29.7 Å². The molecule has 0 rings (SSSR count). The van der Waals surface area contributed by atoms with Crippen LogP contribution in [-0.4, -0.2) is 33.2 Å². The van der Waals surface area contributed by atoms with E-state index >= 15 is 0 Å². The molecule has 0 bridgehead atoms. The largest absolute Gasteiger partial charge is 0.481 e. The lowest BCUT2D eigenvalue weighted by Gasteiger charge is -1.93. The number of rotatable bonds is 20. The predicted molar refractivity (Wildman–Crippen MR) is 196 cm³/mol. The zero-order valence-electron chi connectivity index (χ0n) is 32.0. The van der Waals surface area contributed by atoms with Crippen molar-refractivity contribution in [2.24, 2.45) is 0 Å². The molecule has 0 atom stereocenters. The minimum absolute atomic E-state index is 0.833. The van der Waals surface area contributed by atoms with Gasteiger partial charge in [-0.2, -0.15) is 0 Å². The summed E-state index contributed by atoms with van der Waals surface area (Å²) in [5, 5.41) is 22.2. The zero-order chi connectivity index (χ0) is 35.7. The van der Waals surface area contributed by atoms with Crippen LogP contribution in [0.15, 0.2) is 0 Å². The van der Waals surface area contributed by atoms with Gasteiger partial charge in [0, 0.05) is 20.8 Å². The van der Waals surface area contributed by atoms with Crippen molar-refractivity contribution >= 4 is 17.9 Å². The van der Waals surface area contributed by atoms with E-state index < -0.39 is 17.9 Å². The average Bonchev–Trinajstić information content (AvgIpc) is 2.94. The molecule has 6 heteroatoms. The lowest BCUT2D eigenvalue weighted by atomic mass is 10.1. The van der Waals surface area contributed by atoms with Crippen LogP contribution in [-0.2, 0) is 14.4 Å². The monoisotopic (exact) mass is 637 g/mol. The number of unbranched alkanes of at least 4 members (excludes halogenated alkanes) is 20. The molecule has 0 saturated carbocycles. The van der Waals surface area contributed by atoms with Crippen LogP contribution in [0.5, 0.6) is 0 Å². The van der Waals surface area contributed by atoms with Gasteiger partial charge in [-0.25, -0.2) is 0 Å². The first-order valence-corrected chi connectivity index (χ1v) is 18.4. The number of hydrogen-bond donors (Lipinski definition) is 3. The third kappa shape index (κ3) is 185. The van der Waals surface area contributed by atoms with Gasteiger partial charge >= 0.3 is 0 Å². The van der Waals surface area contributed by atoms with Crippen molar-refractivity contribution in [3.05, 3.63) is 0 Å². The molecule has 0 aliphatic rings. The van der Waals surface area contributed by atoms with E-state index in [1.54, 1.807) is 0 Å².